The molecule has 0 heterocycles. The highest BCUT2D eigenvalue weighted by atomic mass is 14.6. The molecule has 4 unspecified atom stereocenters. The van der Waals surface area contributed by atoms with Crippen LogP contribution in [0.25, 0.3) is 0 Å². The van der Waals surface area contributed by atoms with Crippen LogP contribution in [0.1, 0.15) is 85.0 Å². The van der Waals surface area contributed by atoms with Gasteiger partial charge in [-0.1, -0.05) is 70.9 Å². The largest absolute Gasteiger partial charge is 0.100 e. The summed E-state index contributed by atoms with van der Waals surface area (Å²) in [6.07, 6.45) is 15.2. The molecule has 3 aliphatic carbocycles. The van der Waals surface area contributed by atoms with Crippen LogP contribution in [-0.2, 0) is 0 Å². The van der Waals surface area contributed by atoms with Crippen LogP contribution in [0.15, 0.2) is 0 Å². The molecule has 0 radical (unpaired) electrons. The molecule has 2 heteroatoms. The van der Waals surface area contributed by atoms with Crippen molar-refractivity contribution in [2.75, 3.05) is 0 Å². The Hall–Kier alpha value is 0.130. The van der Waals surface area contributed by atoms with Gasteiger partial charge in [0.25, 0.3) is 0 Å². The van der Waals surface area contributed by atoms with Crippen molar-refractivity contribution in [1.82, 2.24) is 0 Å². The first kappa shape index (κ1) is 17.0. The fraction of sp³-hybridized carbons (Fsp3) is 1.00. The topological polar surface area (TPSA) is 0 Å². The van der Waals surface area contributed by atoms with Crippen LogP contribution in [0.4, 0.5) is 0 Å². The third-order valence-electron chi connectivity index (χ3n) is 8.93. The highest BCUT2D eigenvalue weighted by Crippen LogP contribution is 2.63. The molecule has 0 nitrogen and oxygen atoms in total. The molecule has 124 valence electrons. The third kappa shape index (κ3) is 2.71. The van der Waals surface area contributed by atoms with E-state index in [1.54, 1.807) is 32.1 Å². The van der Waals surface area contributed by atoms with Gasteiger partial charge in [0.05, 0.1) is 0 Å². The molecule has 0 aliphatic heterocycles. The maximum Gasteiger partial charge on any atom is 0.100 e. The van der Waals surface area contributed by atoms with Crippen LogP contribution in [0.5, 0.6) is 0 Å². The standard InChI is InChI=1S/C20H38B2/c1-4-19(2,3)20(21,22)18-16-11-7-5-9-14(16)13-15-10-6-8-12-17(15)18/h14-18H,4-13,21-22H2,1-3H3. The lowest BCUT2D eigenvalue weighted by atomic mass is 9.31. The van der Waals surface area contributed by atoms with Gasteiger partial charge in [-0.25, -0.2) is 0 Å². The van der Waals surface area contributed by atoms with Gasteiger partial charge in [0.15, 0.2) is 0 Å². The van der Waals surface area contributed by atoms with Gasteiger partial charge in [-0.05, 0) is 54.3 Å². The lowest BCUT2D eigenvalue weighted by Crippen LogP contribution is -2.52. The van der Waals surface area contributed by atoms with Crippen LogP contribution in [-0.4, -0.2) is 15.7 Å². The van der Waals surface area contributed by atoms with Crippen molar-refractivity contribution in [1.29, 1.82) is 0 Å². The van der Waals surface area contributed by atoms with Gasteiger partial charge >= 0.3 is 0 Å². The molecule has 4 atom stereocenters. The fourth-order valence-electron chi connectivity index (χ4n) is 6.69. The van der Waals surface area contributed by atoms with E-state index in [9.17, 15) is 0 Å². The van der Waals surface area contributed by atoms with Gasteiger partial charge in [-0.2, -0.15) is 0 Å². The lowest BCUT2D eigenvalue weighted by molar-refractivity contribution is -0.0402. The predicted molar refractivity (Wildman–Crippen MR) is 103 cm³/mol. The molecular formula is C20H38B2. The summed E-state index contributed by atoms with van der Waals surface area (Å²) in [4.78, 5) is 0. The number of rotatable bonds is 3. The molecule has 0 bridgehead atoms. The van der Waals surface area contributed by atoms with E-state index < -0.39 is 0 Å². The quantitative estimate of drug-likeness (QED) is 0.676. The maximum absolute atomic E-state index is 2.64. The third-order valence-corrected chi connectivity index (χ3v) is 8.93. The van der Waals surface area contributed by atoms with Gasteiger partial charge in [-0.3, -0.25) is 0 Å². The summed E-state index contributed by atoms with van der Waals surface area (Å²) in [6.45, 7) is 7.52. The molecule has 3 saturated carbocycles. The number of hydrogen-bond donors (Lipinski definition) is 0. The first-order valence-corrected chi connectivity index (χ1v) is 10.4. The summed E-state index contributed by atoms with van der Waals surface area (Å²) in [5.74, 6) is 5.24. The number of hydrogen-bond acceptors (Lipinski definition) is 0. The number of fused-ring (bicyclic) bond motifs is 2. The van der Waals surface area contributed by atoms with E-state index in [0.29, 0.717) is 10.6 Å². The molecule has 0 spiro atoms. The summed E-state index contributed by atoms with van der Waals surface area (Å²) in [7, 11) is 5.29. The summed E-state index contributed by atoms with van der Waals surface area (Å²) in [5.41, 5.74) is 0.471. The second-order valence-corrected chi connectivity index (χ2v) is 10.1. The Balaban J connectivity index is 1.95. The molecule has 0 amide bonds. The first-order chi connectivity index (χ1) is 10.4. The molecule has 3 aliphatic rings. The van der Waals surface area contributed by atoms with Gasteiger partial charge in [0.2, 0.25) is 0 Å². The van der Waals surface area contributed by atoms with E-state index >= 15 is 0 Å². The Kier molecular flexibility index (Phi) is 4.79. The maximum atomic E-state index is 2.64. The molecular weight excluding hydrogens is 262 g/mol. The van der Waals surface area contributed by atoms with Crippen molar-refractivity contribution >= 4 is 15.7 Å². The highest BCUT2D eigenvalue weighted by Gasteiger charge is 2.54. The highest BCUT2D eigenvalue weighted by molar-refractivity contribution is 6.40. The van der Waals surface area contributed by atoms with Gasteiger partial charge in [0.1, 0.15) is 15.7 Å². The SMILES string of the molecule is BC(B)(C1C2CCCCC2CC2CCCCC21)C(C)(C)CC. The molecule has 3 rings (SSSR count). The van der Waals surface area contributed by atoms with Crippen molar-refractivity contribution in [3.63, 3.8) is 0 Å². The summed E-state index contributed by atoms with van der Waals surface area (Å²) >= 11 is 0. The van der Waals surface area contributed by atoms with Crippen molar-refractivity contribution in [2.45, 2.75) is 90.2 Å². The van der Waals surface area contributed by atoms with Crippen LogP contribution in [0.3, 0.4) is 0 Å². The van der Waals surface area contributed by atoms with Crippen LogP contribution < -0.4 is 0 Å². The fourth-order valence-corrected chi connectivity index (χ4v) is 6.69. The first-order valence-electron chi connectivity index (χ1n) is 10.4. The zero-order valence-corrected chi connectivity index (χ0v) is 16.0. The minimum Gasteiger partial charge on any atom is -0.0764 e. The van der Waals surface area contributed by atoms with Crippen molar-refractivity contribution in [3.8, 4) is 0 Å². The van der Waals surface area contributed by atoms with E-state index in [1.165, 1.54) is 32.1 Å². The monoisotopic (exact) mass is 300 g/mol. The van der Waals surface area contributed by atoms with E-state index in [0.717, 1.165) is 29.6 Å². The Morgan fingerprint density at radius 2 is 1.27 bits per heavy atom. The van der Waals surface area contributed by atoms with Crippen molar-refractivity contribution < 1.29 is 0 Å². The molecule has 0 aromatic heterocycles. The van der Waals surface area contributed by atoms with Crippen molar-refractivity contribution in [3.05, 3.63) is 0 Å². The van der Waals surface area contributed by atoms with Gasteiger partial charge < -0.3 is 0 Å². The van der Waals surface area contributed by atoms with Crippen LogP contribution in [0.2, 0.25) is 5.21 Å². The second-order valence-electron chi connectivity index (χ2n) is 10.1. The minimum absolute atomic E-state index is 0.471. The van der Waals surface area contributed by atoms with E-state index in [1.807, 2.05) is 0 Å². The van der Waals surface area contributed by atoms with Crippen LogP contribution >= 0.6 is 0 Å². The normalized spacial score (nSPS) is 39.9. The van der Waals surface area contributed by atoms with E-state index in [-0.39, 0.29) is 0 Å². The average Bonchev–Trinajstić information content (AvgIpc) is 2.52. The summed E-state index contributed by atoms with van der Waals surface area (Å²) < 4.78 is 0. The zero-order chi connectivity index (χ0) is 16.0. The predicted octanol–water partition coefficient (Wildman–Crippen LogP) is 4.44. The van der Waals surface area contributed by atoms with Gasteiger partial charge in [0, 0.05) is 0 Å². The summed E-state index contributed by atoms with van der Waals surface area (Å²) in [5, 5.41) is 0.489. The Morgan fingerprint density at radius 1 is 0.818 bits per heavy atom. The van der Waals surface area contributed by atoms with Crippen molar-refractivity contribution in [2.24, 2.45) is 35.0 Å². The molecule has 22 heavy (non-hydrogen) atoms. The molecule has 0 aromatic rings. The molecule has 0 N–H and O–H groups in total. The Bertz CT molecular complexity index is 365. The average molecular weight is 300 g/mol. The Labute approximate surface area is 141 Å². The second kappa shape index (κ2) is 6.21. The molecule has 0 aromatic carbocycles. The smallest absolute Gasteiger partial charge is 0.0764 e. The molecule has 3 fully saturated rings. The Morgan fingerprint density at radius 3 is 1.73 bits per heavy atom. The van der Waals surface area contributed by atoms with Gasteiger partial charge in [-0.15, -0.1) is 0 Å². The summed E-state index contributed by atoms with van der Waals surface area (Å²) in [6, 6.07) is 0. The zero-order valence-electron chi connectivity index (χ0n) is 16.0. The van der Waals surface area contributed by atoms with E-state index in [4.69, 9.17) is 0 Å². The van der Waals surface area contributed by atoms with Crippen LogP contribution in [0, 0.1) is 35.0 Å². The molecule has 0 saturated heterocycles. The lowest BCUT2D eigenvalue weighted by Gasteiger charge is -2.60. The minimum atomic E-state index is 0.471. The van der Waals surface area contributed by atoms with E-state index in [2.05, 4.69) is 36.5 Å².